The highest BCUT2D eigenvalue weighted by Crippen LogP contribution is 2.40. The van der Waals surface area contributed by atoms with Crippen LogP contribution in [0.25, 0.3) is 0 Å². The van der Waals surface area contributed by atoms with Gasteiger partial charge in [0, 0.05) is 10.5 Å². The molecule has 2 aliphatic rings. The van der Waals surface area contributed by atoms with Gasteiger partial charge in [-0.05, 0) is 35.4 Å². The van der Waals surface area contributed by atoms with E-state index in [4.69, 9.17) is 0 Å². The first-order chi connectivity index (χ1) is 14.6. The second kappa shape index (κ2) is 7.54. The molecule has 148 valence electrons. The number of amides is 3. The predicted molar refractivity (Wildman–Crippen MR) is 113 cm³/mol. The summed E-state index contributed by atoms with van der Waals surface area (Å²) >= 11 is 1.47. The highest BCUT2D eigenvalue weighted by Gasteiger charge is 2.52. The molecule has 0 bridgehead atoms. The van der Waals surface area contributed by atoms with Gasteiger partial charge in [-0.15, -0.1) is 11.8 Å². The fraction of sp³-hybridized carbons (Fsp3) is 0.125. The van der Waals surface area contributed by atoms with Crippen molar-refractivity contribution in [2.45, 2.75) is 23.2 Å². The molecule has 30 heavy (non-hydrogen) atoms. The van der Waals surface area contributed by atoms with Crippen LogP contribution in [0.1, 0.15) is 16.7 Å². The zero-order valence-corrected chi connectivity index (χ0v) is 16.8. The Kier molecular flexibility index (Phi) is 4.71. The molecule has 5 rings (SSSR count). The predicted octanol–water partition coefficient (Wildman–Crippen LogP) is 4.46. The molecule has 1 unspecified atom stereocenters. The average molecular weight is 417 g/mol. The number of thioether (sulfide) groups is 1. The van der Waals surface area contributed by atoms with Gasteiger partial charge in [0.2, 0.25) is 0 Å². The van der Waals surface area contributed by atoms with Crippen molar-refractivity contribution in [1.29, 1.82) is 0 Å². The van der Waals surface area contributed by atoms with Crippen LogP contribution in [0.2, 0.25) is 0 Å². The lowest BCUT2D eigenvalue weighted by molar-refractivity contribution is -0.455. The first-order valence-electron chi connectivity index (χ1n) is 9.66. The van der Waals surface area contributed by atoms with E-state index in [9.17, 15) is 14.0 Å². The lowest BCUT2D eigenvalue weighted by atomic mass is 10.0. The van der Waals surface area contributed by atoms with Gasteiger partial charge in [-0.2, -0.15) is 14.3 Å². The van der Waals surface area contributed by atoms with E-state index in [1.165, 1.54) is 28.8 Å². The molecular formula is C24H18FN2O2S+. The molecule has 0 saturated heterocycles. The van der Waals surface area contributed by atoms with Crippen molar-refractivity contribution in [3.8, 4) is 0 Å². The largest absolute Gasteiger partial charge is 0.501 e. The minimum atomic E-state index is -0.489. The summed E-state index contributed by atoms with van der Waals surface area (Å²) in [6.45, 7) is 0.411. The molecule has 0 spiro atoms. The number of nitrogens with zero attached hydrogens (tertiary/aromatic N) is 2. The van der Waals surface area contributed by atoms with E-state index in [-0.39, 0.29) is 30.8 Å². The van der Waals surface area contributed by atoms with Crippen LogP contribution in [0.4, 0.5) is 9.18 Å². The summed E-state index contributed by atoms with van der Waals surface area (Å²) in [7, 11) is 0. The Morgan fingerprint density at radius 1 is 0.900 bits per heavy atom. The number of hydrogen-bond acceptors (Lipinski definition) is 3. The zero-order chi connectivity index (χ0) is 20.7. The molecule has 3 aromatic carbocycles. The van der Waals surface area contributed by atoms with Crippen molar-refractivity contribution in [2.24, 2.45) is 0 Å². The number of rotatable bonds is 4. The maximum absolute atomic E-state index is 13.8. The second-order valence-corrected chi connectivity index (χ2v) is 8.43. The van der Waals surface area contributed by atoms with Gasteiger partial charge in [0.25, 0.3) is 0 Å². The van der Waals surface area contributed by atoms with Crippen LogP contribution >= 0.6 is 11.8 Å². The topological polar surface area (TPSA) is 40.4 Å². The maximum Gasteiger partial charge on any atom is 0.501 e. The monoisotopic (exact) mass is 417 g/mol. The number of halogens is 1. The van der Waals surface area contributed by atoms with Gasteiger partial charge in [0.1, 0.15) is 24.6 Å². The van der Waals surface area contributed by atoms with Gasteiger partial charge in [-0.1, -0.05) is 54.6 Å². The Morgan fingerprint density at radius 2 is 1.63 bits per heavy atom. The van der Waals surface area contributed by atoms with E-state index in [2.05, 4.69) is 0 Å². The van der Waals surface area contributed by atoms with Crippen molar-refractivity contribution in [3.05, 3.63) is 101 Å². The van der Waals surface area contributed by atoms with Gasteiger partial charge in [0.05, 0.1) is 0 Å². The maximum atomic E-state index is 13.8. The summed E-state index contributed by atoms with van der Waals surface area (Å²) in [5, 5.41) is -0.489. The van der Waals surface area contributed by atoms with Gasteiger partial charge in [-0.25, -0.2) is 9.18 Å². The van der Waals surface area contributed by atoms with Crippen LogP contribution in [0.5, 0.6) is 0 Å². The first kappa shape index (κ1) is 18.8. The molecule has 2 heterocycles. The van der Waals surface area contributed by atoms with Crippen LogP contribution < -0.4 is 0 Å². The molecule has 0 aliphatic carbocycles. The van der Waals surface area contributed by atoms with E-state index in [1.54, 1.807) is 16.7 Å². The summed E-state index contributed by atoms with van der Waals surface area (Å²) in [6, 6.07) is 23.0. The molecule has 0 N–H and O–H groups in total. The van der Waals surface area contributed by atoms with Crippen molar-refractivity contribution in [1.82, 2.24) is 4.90 Å². The van der Waals surface area contributed by atoms with Gasteiger partial charge in [-0.3, -0.25) is 0 Å². The fourth-order valence-electron chi connectivity index (χ4n) is 3.93. The number of carbonyl (C=O) groups excluding carboxylic acids is 2. The highest BCUT2D eigenvalue weighted by molar-refractivity contribution is 8.02. The molecule has 0 aromatic heterocycles. The minimum absolute atomic E-state index is 0.204. The molecule has 4 nitrogen and oxygen atoms in total. The number of benzene rings is 3. The lowest BCUT2D eigenvalue weighted by Crippen LogP contribution is -2.54. The summed E-state index contributed by atoms with van der Waals surface area (Å²) in [4.78, 5) is 29.1. The van der Waals surface area contributed by atoms with Crippen molar-refractivity contribution < 1.29 is 18.6 Å². The molecule has 6 heteroatoms. The normalized spacial score (nSPS) is 17.9. The third kappa shape index (κ3) is 3.23. The lowest BCUT2D eigenvalue weighted by Gasteiger charge is -2.25. The SMILES string of the molecule is O=C1C2Sc3ccccc3C2=[N+](Cc2cccc(F)c2)C(=O)N1Cc1ccccc1. The van der Waals surface area contributed by atoms with E-state index in [0.29, 0.717) is 11.3 Å². The Hall–Kier alpha value is -3.25. The number of urea groups is 1. The van der Waals surface area contributed by atoms with Crippen molar-refractivity contribution in [3.63, 3.8) is 0 Å². The highest BCUT2D eigenvalue weighted by atomic mass is 32.2. The van der Waals surface area contributed by atoms with Crippen LogP contribution in [-0.4, -0.2) is 32.4 Å². The van der Waals surface area contributed by atoms with E-state index < -0.39 is 5.25 Å². The summed E-state index contributed by atoms with van der Waals surface area (Å²) in [5.74, 6) is -0.563. The van der Waals surface area contributed by atoms with Crippen molar-refractivity contribution >= 4 is 29.4 Å². The average Bonchev–Trinajstić information content (AvgIpc) is 3.15. The number of hydrogen-bond donors (Lipinski definition) is 0. The molecule has 1 atom stereocenters. The first-order valence-corrected chi connectivity index (χ1v) is 10.5. The fourth-order valence-corrected chi connectivity index (χ4v) is 5.23. The zero-order valence-electron chi connectivity index (χ0n) is 16.0. The standard InChI is InChI=1S/C24H18FN2O2S/c25-18-10-6-9-17(13-18)15-26-21-19-11-4-5-12-20(19)30-22(21)23(28)27(24(26)29)14-16-7-2-1-3-8-16/h1-13,22H,14-15H2/q+1. The summed E-state index contributed by atoms with van der Waals surface area (Å²) < 4.78 is 15.4. The van der Waals surface area contributed by atoms with E-state index in [1.807, 2.05) is 54.6 Å². The summed E-state index contributed by atoms with van der Waals surface area (Å²) in [5.41, 5.74) is 3.15. The van der Waals surface area contributed by atoms with Crippen LogP contribution in [0.3, 0.4) is 0 Å². The summed E-state index contributed by atoms with van der Waals surface area (Å²) in [6.07, 6.45) is 0. The Balaban J connectivity index is 1.61. The molecule has 2 aliphatic heterocycles. The molecule has 3 amide bonds. The molecule has 0 saturated carbocycles. The van der Waals surface area contributed by atoms with Crippen LogP contribution in [-0.2, 0) is 17.9 Å². The Labute approximate surface area is 177 Å². The van der Waals surface area contributed by atoms with Gasteiger partial charge >= 0.3 is 11.9 Å². The number of imide groups is 1. The van der Waals surface area contributed by atoms with E-state index in [0.717, 1.165) is 16.0 Å². The Bertz CT molecular complexity index is 1190. The van der Waals surface area contributed by atoms with Gasteiger partial charge in [0.15, 0.2) is 5.25 Å². The minimum Gasteiger partial charge on any atom is -0.245 e. The van der Waals surface area contributed by atoms with Crippen LogP contribution in [0.15, 0.2) is 83.8 Å². The third-order valence-electron chi connectivity index (χ3n) is 5.31. The number of carbonyl (C=O) groups is 2. The third-order valence-corrected chi connectivity index (χ3v) is 6.58. The van der Waals surface area contributed by atoms with Crippen molar-refractivity contribution in [2.75, 3.05) is 0 Å². The molecule has 3 aromatic rings. The Morgan fingerprint density at radius 3 is 2.43 bits per heavy atom. The molecule has 0 fully saturated rings. The van der Waals surface area contributed by atoms with Crippen LogP contribution in [0, 0.1) is 5.82 Å². The smallest absolute Gasteiger partial charge is 0.245 e. The van der Waals surface area contributed by atoms with Gasteiger partial charge < -0.3 is 0 Å². The number of fused-ring (bicyclic) bond motifs is 3. The quantitative estimate of drug-likeness (QED) is 0.589. The molecule has 0 radical (unpaired) electrons. The van der Waals surface area contributed by atoms with E-state index >= 15 is 0 Å². The second-order valence-electron chi connectivity index (χ2n) is 7.29. The molecular weight excluding hydrogens is 399 g/mol.